The maximum atomic E-state index is 6.47. The van der Waals surface area contributed by atoms with E-state index in [2.05, 4.69) is 144 Å². The van der Waals surface area contributed by atoms with Crippen LogP contribution in [0, 0.1) is 0 Å². The molecule has 1 aliphatic heterocycles. The number of para-hydroxylation sites is 2. The van der Waals surface area contributed by atoms with Crippen LogP contribution >= 0.6 is 0 Å². The van der Waals surface area contributed by atoms with Gasteiger partial charge in [-0.3, -0.25) is 4.57 Å². The largest absolute Gasteiger partial charge is 0.439 e. The van der Waals surface area contributed by atoms with Gasteiger partial charge >= 0.3 is 0 Å². The molecule has 0 unspecified atom stereocenters. The molecular formula is C40H35N5O. The number of aromatic nitrogens is 3. The Morgan fingerprint density at radius 2 is 1.37 bits per heavy atom. The summed E-state index contributed by atoms with van der Waals surface area (Å²) in [6, 6.07) is 40.3. The highest BCUT2D eigenvalue weighted by atomic mass is 16.5. The van der Waals surface area contributed by atoms with Gasteiger partial charge in [0, 0.05) is 48.0 Å². The van der Waals surface area contributed by atoms with Crippen molar-refractivity contribution in [3.8, 4) is 28.6 Å². The van der Waals surface area contributed by atoms with Gasteiger partial charge in [-0.25, -0.2) is 9.97 Å². The normalized spacial score (nSPS) is 13.0. The number of pyridine rings is 2. The molecule has 4 aromatic carbocycles. The summed E-state index contributed by atoms with van der Waals surface area (Å²) in [5, 5.41) is 2.31. The quantitative estimate of drug-likeness (QED) is 0.197. The topological polar surface area (TPSA) is 46.4 Å². The molecule has 0 fully saturated rings. The van der Waals surface area contributed by atoms with Gasteiger partial charge in [-0.05, 0) is 70.6 Å². The molecule has 0 aliphatic carbocycles. The molecule has 6 nitrogen and oxygen atoms in total. The van der Waals surface area contributed by atoms with E-state index in [1.54, 1.807) is 0 Å². The van der Waals surface area contributed by atoms with E-state index in [-0.39, 0.29) is 5.41 Å². The standard InChI is InChI=1S/C40H35N5O/c1-40(2,3)29-18-20-41-38(23-29)45-36-22-28(27-10-6-5-7-11-27)14-16-32(36)33-17-15-31(25-37(33)45)46-39-24-30(19-21-42-39)44-26-43(4)34-12-8-9-13-35(34)44/h5-25H,26H2,1-4H3. The van der Waals surface area contributed by atoms with Crippen molar-refractivity contribution in [3.63, 3.8) is 0 Å². The van der Waals surface area contributed by atoms with Crippen LogP contribution < -0.4 is 14.5 Å². The van der Waals surface area contributed by atoms with Crippen molar-refractivity contribution >= 4 is 38.9 Å². The first-order valence-electron chi connectivity index (χ1n) is 15.7. The van der Waals surface area contributed by atoms with Gasteiger partial charge in [0.25, 0.3) is 0 Å². The van der Waals surface area contributed by atoms with Gasteiger partial charge < -0.3 is 14.5 Å². The number of fused-ring (bicyclic) bond motifs is 4. The van der Waals surface area contributed by atoms with Crippen LogP contribution in [0.4, 0.5) is 17.1 Å². The lowest BCUT2D eigenvalue weighted by Gasteiger charge is -2.20. The van der Waals surface area contributed by atoms with E-state index in [1.807, 2.05) is 30.6 Å². The summed E-state index contributed by atoms with van der Waals surface area (Å²) in [7, 11) is 2.11. The van der Waals surface area contributed by atoms with Crippen LogP contribution in [0.2, 0.25) is 0 Å². The Labute approximate surface area is 269 Å². The van der Waals surface area contributed by atoms with Crippen molar-refractivity contribution in [2.75, 3.05) is 23.5 Å². The molecule has 0 radical (unpaired) electrons. The van der Waals surface area contributed by atoms with Gasteiger partial charge in [0.15, 0.2) is 0 Å². The molecule has 0 atom stereocenters. The number of benzene rings is 4. The van der Waals surface area contributed by atoms with Crippen LogP contribution in [0.3, 0.4) is 0 Å². The van der Waals surface area contributed by atoms with E-state index in [0.29, 0.717) is 5.88 Å². The van der Waals surface area contributed by atoms with E-state index in [0.717, 1.165) is 45.9 Å². The number of rotatable bonds is 5. The fraction of sp³-hybridized carbons (Fsp3) is 0.150. The minimum Gasteiger partial charge on any atom is -0.439 e. The molecule has 0 bridgehead atoms. The number of anilines is 3. The van der Waals surface area contributed by atoms with Gasteiger partial charge in [-0.1, -0.05) is 75.4 Å². The third-order valence-corrected chi connectivity index (χ3v) is 8.88. The van der Waals surface area contributed by atoms with Crippen molar-refractivity contribution in [1.29, 1.82) is 0 Å². The number of hydrogen-bond acceptors (Lipinski definition) is 5. The smallest absolute Gasteiger partial charge is 0.221 e. The molecule has 6 heteroatoms. The first kappa shape index (κ1) is 27.9. The monoisotopic (exact) mass is 601 g/mol. The molecule has 0 saturated carbocycles. The lowest BCUT2D eigenvalue weighted by Crippen LogP contribution is -2.23. The summed E-state index contributed by atoms with van der Waals surface area (Å²) in [5.41, 5.74) is 9.11. The van der Waals surface area contributed by atoms with Crippen molar-refractivity contribution in [3.05, 3.63) is 133 Å². The minimum absolute atomic E-state index is 0.0126. The maximum absolute atomic E-state index is 6.47. The van der Waals surface area contributed by atoms with Crippen molar-refractivity contribution in [1.82, 2.24) is 14.5 Å². The zero-order valence-electron chi connectivity index (χ0n) is 26.5. The molecule has 7 aromatic rings. The molecule has 4 heterocycles. The van der Waals surface area contributed by atoms with Crippen LogP contribution in [0.1, 0.15) is 26.3 Å². The number of hydrogen-bond donors (Lipinski definition) is 0. The second-order valence-electron chi connectivity index (χ2n) is 13.0. The number of nitrogens with zero attached hydrogens (tertiary/aromatic N) is 5. The summed E-state index contributed by atoms with van der Waals surface area (Å²) in [5.74, 6) is 2.15. The highest BCUT2D eigenvalue weighted by Crippen LogP contribution is 2.41. The van der Waals surface area contributed by atoms with Gasteiger partial charge in [0.2, 0.25) is 5.88 Å². The first-order valence-corrected chi connectivity index (χ1v) is 15.7. The van der Waals surface area contributed by atoms with Gasteiger partial charge in [0.1, 0.15) is 11.6 Å². The van der Waals surface area contributed by atoms with Gasteiger partial charge in [0.05, 0.1) is 29.1 Å². The molecule has 0 spiro atoms. The summed E-state index contributed by atoms with van der Waals surface area (Å²) in [6.07, 6.45) is 3.73. The Morgan fingerprint density at radius 3 is 2.17 bits per heavy atom. The molecule has 0 N–H and O–H groups in total. The summed E-state index contributed by atoms with van der Waals surface area (Å²) < 4.78 is 8.74. The van der Waals surface area contributed by atoms with Gasteiger partial charge in [-0.15, -0.1) is 0 Å². The highest BCUT2D eigenvalue weighted by molar-refractivity contribution is 6.10. The third kappa shape index (κ3) is 4.83. The van der Waals surface area contributed by atoms with Crippen LogP contribution in [0.15, 0.2) is 128 Å². The summed E-state index contributed by atoms with van der Waals surface area (Å²) in [6.45, 7) is 7.46. The second kappa shape index (κ2) is 10.8. The van der Waals surface area contributed by atoms with E-state index >= 15 is 0 Å². The third-order valence-electron chi connectivity index (χ3n) is 8.88. The first-order chi connectivity index (χ1) is 22.3. The average molecular weight is 602 g/mol. The predicted octanol–water partition coefficient (Wildman–Crippen LogP) is 9.88. The minimum atomic E-state index is -0.0126. The van der Waals surface area contributed by atoms with Crippen LogP contribution in [0.5, 0.6) is 11.6 Å². The van der Waals surface area contributed by atoms with Crippen LogP contribution in [-0.2, 0) is 5.41 Å². The fourth-order valence-electron chi connectivity index (χ4n) is 6.47. The van der Waals surface area contributed by atoms with E-state index in [1.165, 1.54) is 27.9 Å². The van der Waals surface area contributed by atoms with Crippen molar-refractivity contribution in [2.24, 2.45) is 0 Å². The molecule has 46 heavy (non-hydrogen) atoms. The molecule has 8 rings (SSSR count). The molecule has 226 valence electrons. The lowest BCUT2D eigenvalue weighted by molar-refractivity contribution is 0.463. The SMILES string of the molecule is CN1CN(c2ccnc(Oc3ccc4c5ccc(-c6ccccc6)cc5n(-c5cc(C(C)(C)C)ccn5)c4c3)c2)c2ccccc21. The highest BCUT2D eigenvalue weighted by Gasteiger charge is 2.24. The predicted molar refractivity (Wildman–Crippen MR) is 189 cm³/mol. The Hall–Kier alpha value is -5.62. The Bertz CT molecular complexity index is 2230. The second-order valence-corrected chi connectivity index (χ2v) is 13.0. The molecule has 0 amide bonds. The zero-order valence-corrected chi connectivity index (χ0v) is 26.5. The summed E-state index contributed by atoms with van der Waals surface area (Å²) in [4.78, 5) is 14.0. The number of ether oxygens (including phenoxy) is 1. The Balaban J connectivity index is 1.24. The molecular weight excluding hydrogens is 566 g/mol. The molecule has 0 saturated heterocycles. The molecule has 3 aromatic heterocycles. The van der Waals surface area contributed by atoms with Crippen molar-refractivity contribution < 1.29 is 4.74 Å². The van der Waals surface area contributed by atoms with Crippen LogP contribution in [0.25, 0.3) is 38.8 Å². The summed E-state index contributed by atoms with van der Waals surface area (Å²) >= 11 is 0. The molecule has 1 aliphatic rings. The Kier molecular flexibility index (Phi) is 6.53. The van der Waals surface area contributed by atoms with E-state index in [4.69, 9.17) is 9.72 Å². The van der Waals surface area contributed by atoms with E-state index in [9.17, 15) is 0 Å². The fourth-order valence-corrected chi connectivity index (χ4v) is 6.47. The Morgan fingerprint density at radius 1 is 0.652 bits per heavy atom. The average Bonchev–Trinajstić information content (AvgIpc) is 3.59. The van der Waals surface area contributed by atoms with Crippen LogP contribution in [-0.4, -0.2) is 28.3 Å². The zero-order chi connectivity index (χ0) is 31.4. The lowest BCUT2D eigenvalue weighted by atomic mass is 9.88. The van der Waals surface area contributed by atoms with Gasteiger partial charge in [-0.2, -0.15) is 0 Å². The van der Waals surface area contributed by atoms with Crippen molar-refractivity contribution in [2.45, 2.75) is 26.2 Å². The maximum Gasteiger partial charge on any atom is 0.221 e. The van der Waals surface area contributed by atoms with E-state index < -0.39 is 0 Å².